The van der Waals surface area contributed by atoms with Crippen molar-refractivity contribution >= 4 is 29.0 Å². The van der Waals surface area contributed by atoms with Crippen LogP contribution >= 0.6 is 11.3 Å². The number of likely N-dealkylation sites (tertiary alicyclic amines) is 1. The molecule has 0 unspecified atom stereocenters. The van der Waals surface area contributed by atoms with E-state index in [9.17, 15) is 9.59 Å². The molecule has 3 rings (SSSR count). The van der Waals surface area contributed by atoms with E-state index < -0.39 is 0 Å². The molecule has 0 radical (unpaired) electrons. The maximum absolute atomic E-state index is 12.6. The number of amides is 3. The number of piperidine rings is 1. The Morgan fingerprint density at radius 1 is 1.23 bits per heavy atom. The molecule has 7 heteroatoms. The van der Waals surface area contributed by atoms with Gasteiger partial charge in [-0.1, -0.05) is 13.0 Å². The second-order valence-corrected chi connectivity index (χ2v) is 7.27. The molecule has 0 aliphatic carbocycles. The van der Waals surface area contributed by atoms with Gasteiger partial charge in [0.2, 0.25) is 0 Å². The van der Waals surface area contributed by atoms with E-state index >= 15 is 0 Å². The van der Waals surface area contributed by atoms with Crippen LogP contribution in [0.15, 0.2) is 29.6 Å². The third-order valence-corrected chi connectivity index (χ3v) is 5.27. The predicted molar refractivity (Wildman–Crippen MR) is 104 cm³/mol. The van der Waals surface area contributed by atoms with Gasteiger partial charge in [-0.25, -0.2) is 9.78 Å². The third kappa shape index (κ3) is 4.82. The zero-order chi connectivity index (χ0) is 18.4. The monoisotopic (exact) mass is 372 g/mol. The van der Waals surface area contributed by atoms with Crippen LogP contribution in [0.4, 0.5) is 10.5 Å². The summed E-state index contributed by atoms with van der Waals surface area (Å²) in [5.74, 6) is 0.0311. The van der Waals surface area contributed by atoms with Crippen molar-refractivity contribution < 1.29 is 9.59 Å². The number of benzene rings is 1. The molecule has 3 amide bonds. The van der Waals surface area contributed by atoms with Gasteiger partial charge in [-0.15, -0.1) is 11.3 Å². The molecule has 1 aromatic heterocycles. The highest BCUT2D eigenvalue weighted by molar-refractivity contribution is 7.09. The van der Waals surface area contributed by atoms with Gasteiger partial charge in [-0.2, -0.15) is 0 Å². The molecule has 2 heterocycles. The van der Waals surface area contributed by atoms with Crippen LogP contribution in [0, 0.1) is 0 Å². The molecule has 0 atom stereocenters. The maximum Gasteiger partial charge on any atom is 0.319 e. The predicted octanol–water partition coefficient (Wildman–Crippen LogP) is 3.65. The Morgan fingerprint density at radius 3 is 2.77 bits per heavy atom. The van der Waals surface area contributed by atoms with Gasteiger partial charge in [0.05, 0.1) is 12.2 Å². The van der Waals surface area contributed by atoms with E-state index in [0.29, 0.717) is 17.8 Å². The topological polar surface area (TPSA) is 74.3 Å². The molecule has 2 N–H and O–H groups in total. The Morgan fingerprint density at radius 2 is 2.04 bits per heavy atom. The summed E-state index contributed by atoms with van der Waals surface area (Å²) in [7, 11) is 0. The van der Waals surface area contributed by atoms with Gasteiger partial charge in [0.1, 0.15) is 5.01 Å². The molecular weight excluding hydrogens is 348 g/mol. The fraction of sp³-hybridized carbons (Fsp3) is 0.421. The molecule has 0 saturated carbocycles. The molecule has 1 fully saturated rings. The minimum Gasteiger partial charge on any atom is -0.339 e. The van der Waals surface area contributed by atoms with E-state index in [1.165, 1.54) is 6.42 Å². The van der Waals surface area contributed by atoms with Gasteiger partial charge >= 0.3 is 6.03 Å². The van der Waals surface area contributed by atoms with Gasteiger partial charge in [0.25, 0.3) is 5.91 Å². The van der Waals surface area contributed by atoms with Crippen molar-refractivity contribution in [3.8, 4) is 0 Å². The summed E-state index contributed by atoms with van der Waals surface area (Å²) in [5, 5.41) is 8.47. The molecule has 1 saturated heterocycles. The molecule has 2 aromatic rings. The van der Waals surface area contributed by atoms with Gasteiger partial charge in [0.15, 0.2) is 0 Å². The molecule has 6 nitrogen and oxygen atoms in total. The smallest absolute Gasteiger partial charge is 0.319 e. The lowest BCUT2D eigenvalue weighted by molar-refractivity contribution is 0.0724. The molecule has 138 valence electrons. The van der Waals surface area contributed by atoms with Crippen molar-refractivity contribution in [1.82, 2.24) is 15.2 Å². The average Bonchev–Trinajstić information content (AvgIpc) is 3.15. The van der Waals surface area contributed by atoms with Gasteiger partial charge < -0.3 is 15.5 Å². The summed E-state index contributed by atoms with van der Waals surface area (Å²) in [5.41, 5.74) is 2.26. The number of aromatic nitrogens is 1. The van der Waals surface area contributed by atoms with E-state index in [1.54, 1.807) is 35.6 Å². The highest BCUT2D eigenvalue weighted by Crippen LogP contribution is 2.16. The Hall–Kier alpha value is -2.41. The second kappa shape index (κ2) is 8.80. The number of carbonyl (C=O) groups excluding carboxylic acids is 2. The van der Waals surface area contributed by atoms with E-state index in [0.717, 1.165) is 43.1 Å². The Labute approximate surface area is 157 Å². The lowest BCUT2D eigenvalue weighted by atomic mass is 10.1. The second-order valence-electron chi connectivity index (χ2n) is 6.33. The van der Waals surface area contributed by atoms with E-state index in [2.05, 4.69) is 22.5 Å². The van der Waals surface area contributed by atoms with Crippen molar-refractivity contribution in [3.63, 3.8) is 0 Å². The number of carbonyl (C=O) groups is 2. The minimum atomic E-state index is -0.305. The summed E-state index contributed by atoms with van der Waals surface area (Å²) >= 11 is 1.54. The highest BCUT2D eigenvalue weighted by atomic mass is 32.1. The van der Waals surface area contributed by atoms with E-state index in [-0.39, 0.29) is 11.9 Å². The lowest BCUT2D eigenvalue weighted by Gasteiger charge is -2.26. The van der Waals surface area contributed by atoms with Gasteiger partial charge in [-0.3, -0.25) is 4.79 Å². The molecule has 26 heavy (non-hydrogen) atoms. The van der Waals surface area contributed by atoms with Crippen LogP contribution in [0.25, 0.3) is 0 Å². The summed E-state index contributed by atoms with van der Waals surface area (Å²) in [4.78, 5) is 31.0. The van der Waals surface area contributed by atoms with Gasteiger partial charge in [0, 0.05) is 29.7 Å². The molecule has 1 aromatic carbocycles. The van der Waals surface area contributed by atoms with Crippen LogP contribution < -0.4 is 10.6 Å². The summed E-state index contributed by atoms with van der Waals surface area (Å²) in [6.45, 7) is 4.06. The Kier molecular flexibility index (Phi) is 6.22. The highest BCUT2D eigenvalue weighted by Gasteiger charge is 2.18. The van der Waals surface area contributed by atoms with Crippen LogP contribution in [-0.4, -0.2) is 34.9 Å². The number of nitrogens with zero attached hydrogens (tertiary/aromatic N) is 2. The molecule has 1 aliphatic heterocycles. The number of urea groups is 1. The number of nitrogens with one attached hydrogen (secondary N) is 2. The Bertz CT molecular complexity index is 768. The number of hydrogen-bond donors (Lipinski definition) is 2. The van der Waals surface area contributed by atoms with Gasteiger partial charge in [-0.05, 0) is 43.9 Å². The van der Waals surface area contributed by atoms with Crippen molar-refractivity contribution in [2.75, 3.05) is 18.4 Å². The number of rotatable bonds is 5. The largest absolute Gasteiger partial charge is 0.339 e. The number of hydrogen-bond acceptors (Lipinski definition) is 4. The first kappa shape index (κ1) is 18.4. The average molecular weight is 372 g/mol. The zero-order valence-corrected chi connectivity index (χ0v) is 15.8. The first-order chi connectivity index (χ1) is 12.7. The number of aryl methyl sites for hydroxylation is 1. The zero-order valence-electron chi connectivity index (χ0n) is 15.0. The van der Waals surface area contributed by atoms with Crippen LogP contribution in [0.5, 0.6) is 0 Å². The van der Waals surface area contributed by atoms with Crippen molar-refractivity contribution in [3.05, 3.63) is 45.9 Å². The summed E-state index contributed by atoms with van der Waals surface area (Å²) in [6.07, 6.45) is 4.19. The first-order valence-corrected chi connectivity index (χ1v) is 9.91. The van der Waals surface area contributed by atoms with Crippen LogP contribution in [0.1, 0.15) is 47.2 Å². The molecule has 1 aliphatic rings. The van der Waals surface area contributed by atoms with E-state index in [1.807, 2.05) is 10.3 Å². The van der Waals surface area contributed by atoms with Crippen molar-refractivity contribution in [2.24, 2.45) is 0 Å². The molecular formula is C19H24N4O2S. The van der Waals surface area contributed by atoms with Crippen LogP contribution in [-0.2, 0) is 13.0 Å². The first-order valence-electron chi connectivity index (χ1n) is 9.03. The van der Waals surface area contributed by atoms with Crippen molar-refractivity contribution in [2.45, 2.75) is 39.2 Å². The van der Waals surface area contributed by atoms with Crippen LogP contribution in [0.3, 0.4) is 0 Å². The standard InChI is InChI=1S/C19H24N4O2S/c1-2-15-13-26-17(21-15)12-20-19(25)22-16-8-6-7-14(11-16)18(24)23-9-4-3-5-10-23/h6-8,11,13H,2-5,9-10,12H2,1H3,(H2,20,22,25). The fourth-order valence-corrected chi connectivity index (χ4v) is 3.75. The van der Waals surface area contributed by atoms with Crippen LogP contribution in [0.2, 0.25) is 0 Å². The number of thiazole rings is 1. The van der Waals surface area contributed by atoms with Crippen molar-refractivity contribution in [1.29, 1.82) is 0 Å². The summed E-state index contributed by atoms with van der Waals surface area (Å²) in [6, 6.07) is 6.80. The maximum atomic E-state index is 12.6. The van der Waals surface area contributed by atoms with E-state index in [4.69, 9.17) is 0 Å². The number of anilines is 1. The quantitative estimate of drug-likeness (QED) is 0.841. The summed E-state index contributed by atoms with van der Waals surface area (Å²) < 4.78 is 0. The Balaban J connectivity index is 1.55. The fourth-order valence-electron chi connectivity index (χ4n) is 2.93. The molecule has 0 bridgehead atoms. The third-order valence-electron chi connectivity index (χ3n) is 4.37. The SMILES string of the molecule is CCc1csc(CNC(=O)Nc2cccc(C(=O)N3CCCCC3)c2)n1. The minimum absolute atomic E-state index is 0.0311. The molecule has 0 spiro atoms. The lowest BCUT2D eigenvalue weighted by Crippen LogP contribution is -2.35. The normalized spacial score (nSPS) is 14.1.